The predicted octanol–water partition coefficient (Wildman–Crippen LogP) is 5.26. The highest BCUT2D eigenvalue weighted by Gasteiger charge is 2.31. The van der Waals surface area contributed by atoms with Crippen LogP contribution in [0, 0.1) is 6.92 Å². The molecule has 1 saturated heterocycles. The van der Waals surface area contributed by atoms with Gasteiger partial charge in [0.2, 0.25) is 10.0 Å². The Morgan fingerprint density at radius 1 is 1.06 bits per heavy atom. The first-order valence-electron chi connectivity index (χ1n) is 10.6. The molecule has 0 bridgehead atoms. The van der Waals surface area contributed by atoms with Crippen molar-refractivity contribution in [2.24, 2.45) is 0 Å². The number of hydrogen-bond acceptors (Lipinski definition) is 6. The molecule has 3 aromatic rings. The summed E-state index contributed by atoms with van der Waals surface area (Å²) in [6, 6.07) is 11.1. The van der Waals surface area contributed by atoms with Gasteiger partial charge in [-0.15, -0.1) is 11.3 Å². The molecule has 6 nitrogen and oxygen atoms in total. The quantitative estimate of drug-likeness (QED) is 0.421. The second-order valence-corrected chi connectivity index (χ2v) is 11.4. The molecule has 0 spiro atoms. The lowest BCUT2D eigenvalue weighted by Gasteiger charge is -2.34. The third kappa shape index (κ3) is 5.46. The molecule has 0 aliphatic carbocycles. The molecule has 4 rings (SSSR count). The van der Waals surface area contributed by atoms with Gasteiger partial charge in [0.15, 0.2) is 5.13 Å². The number of sulfonamides is 1. The molecule has 1 aliphatic heterocycles. The number of benzene rings is 2. The highest BCUT2D eigenvalue weighted by Crippen LogP contribution is 2.31. The van der Waals surface area contributed by atoms with E-state index in [1.165, 1.54) is 15.9 Å². The van der Waals surface area contributed by atoms with Crippen LogP contribution in [0.2, 0.25) is 10.0 Å². The second-order valence-electron chi connectivity index (χ2n) is 7.80. The van der Waals surface area contributed by atoms with Crippen LogP contribution in [-0.2, 0) is 16.4 Å². The molecule has 2 aromatic carbocycles. The van der Waals surface area contributed by atoms with Gasteiger partial charge < -0.3 is 9.64 Å². The molecule has 0 radical (unpaired) electrons. The van der Waals surface area contributed by atoms with Crippen molar-refractivity contribution in [2.75, 3.05) is 37.7 Å². The van der Waals surface area contributed by atoms with E-state index in [2.05, 4.69) is 22.4 Å². The molecule has 0 atom stereocenters. The van der Waals surface area contributed by atoms with Crippen molar-refractivity contribution in [3.63, 3.8) is 0 Å². The van der Waals surface area contributed by atoms with Gasteiger partial charge >= 0.3 is 0 Å². The number of ether oxygens (including phenoxy) is 1. The fourth-order valence-corrected chi connectivity index (χ4v) is 6.80. The maximum atomic E-state index is 13.1. The van der Waals surface area contributed by atoms with E-state index in [4.69, 9.17) is 32.9 Å². The van der Waals surface area contributed by atoms with Gasteiger partial charge in [-0.2, -0.15) is 4.31 Å². The van der Waals surface area contributed by atoms with Gasteiger partial charge in [-0.3, -0.25) is 0 Å². The van der Waals surface area contributed by atoms with Crippen molar-refractivity contribution in [3.05, 3.63) is 68.6 Å². The summed E-state index contributed by atoms with van der Waals surface area (Å²) in [6.07, 6.45) is 0.742. The molecule has 10 heteroatoms. The van der Waals surface area contributed by atoms with Gasteiger partial charge in [0.05, 0.1) is 17.3 Å². The maximum Gasteiger partial charge on any atom is 0.244 e. The Bertz CT molecular complexity index is 1220. The summed E-state index contributed by atoms with van der Waals surface area (Å²) in [4.78, 5) is 7.01. The van der Waals surface area contributed by atoms with Gasteiger partial charge in [-0.05, 0) is 49.2 Å². The summed E-state index contributed by atoms with van der Waals surface area (Å²) in [5, 5.41) is 3.57. The van der Waals surface area contributed by atoms with Crippen molar-refractivity contribution in [2.45, 2.75) is 25.2 Å². The maximum absolute atomic E-state index is 13.1. The van der Waals surface area contributed by atoms with Crippen molar-refractivity contribution < 1.29 is 13.2 Å². The van der Waals surface area contributed by atoms with E-state index >= 15 is 0 Å². The van der Waals surface area contributed by atoms with Crippen molar-refractivity contribution in [1.29, 1.82) is 0 Å². The molecule has 2 heterocycles. The number of anilines is 1. The van der Waals surface area contributed by atoms with Crippen LogP contribution in [-0.4, -0.2) is 50.5 Å². The minimum atomic E-state index is -3.69. The van der Waals surface area contributed by atoms with E-state index in [1.807, 2.05) is 19.1 Å². The number of rotatable bonds is 7. The topological polar surface area (TPSA) is 62.7 Å². The molecule has 0 saturated carbocycles. The lowest BCUT2D eigenvalue weighted by Crippen LogP contribution is -2.48. The predicted molar refractivity (Wildman–Crippen MR) is 135 cm³/mol. The minimum Gasteiger partial charge on any atom is -0.494 e. The monoisotopic (exact) mass is 525 g/mol. The van der Waals surface area contributed by atoms with E-state index in [1.54, 1.807) is 24.3 Å². The highest BCUT2D eigenvalue weighted by atomic mass is 35.5. The largest absolute Gasteiger partial charge is 0.494 e. The average Bonchev–Trinajstić information content (AvgIpc) is 3.26. The summed E-state index contributed by atoms with van der Waals surface area (Å²) in [7, 11) is -3.69. The van der Waals surface area contributed by atoms with Crippen LogP contribution in [0.3, 0.4) is 0 Å². The molecule has 176 valence electrons. The van der Waals surface area contributed by atoms with Crippen molar-refractivity contribution >= 4 is 49.7 Å². The molecule has 0 unspecified atom stereocenters. The smallest absolute Gasteiger partial charge is 0.244 e. The Morgan fingerprint density at radius 3 is 2.42 bits per heavy atom. The minimum absolute atomic E-state index is 0.103. The first kappa shape index (κ1) is 24.3. The lowest BCUT2D eigenvalue weighted by molar-refractivity contribution is 0.340. The highest BCUT2D eigenvalue weighted by molar-refractivity contribution is 7.89. The van der Waals surface area contributed by atoms with Gasteiger partial charge in [0.25, 0.3) is 0 Å². The Balaban J connectivity index is 1.39. The summed E-state index contributed by atoms with van der Waals surface area (Å²) in [5.74, 6) is 0.864. The Kier molecular flexibility index (Phi) is 7.50. The number of nitrogens with zero attached hydrogens (tertiary/aromatic N) is 3. The molecular weight excluding hydrogens is 501 g/mol. The number of aryl methyl sites for hydroxylation is 1. The van der Waals surface area contributed by atoms with E-state index in [0.29, 0.717) is 43.4 Å². The summed E-state index contributed by atoms with van der Waals surface area (Å²) in [6.45, 7) is 6.26. The summed E-state index contributed by atoms with van der Waals surface area (Å²) in [5.41, 5.74) is 2.85. The SMILES string of the molecule is CCOc1ccc(Cc2csc(N3CCN(S(=O)(=O)c4cc(C)c(Cl)cc4Cl)CC3)n2)cc1. The summed E-state index contributed by atoms with van der Waals surface area (Å²) < 4.78 is 33.3. The Morgan fingerprint density at radius 2 is 1.76 bits per heavy atom. The van der Waals surface area contributed by atoms with Crippen molar-refractivity contribution in [3.8, 4) is 5.75 Å². The fourth-order valence-electron chi connectivity index (χ4n) is 3.69. The van der Waals surface area contributed by atoms with Crippen LogP contribution < -0.4 is 9.64 Å². The van der Waals surface area contributed by atoms with Crippen LogP contribution >= 0.6 is 34.5 Å². The number of hydrogen-bond donors (Lipinski definition) is 0. The zero-order valence-electron chi connectivity index (χ0n) is 18.4. The average molecular weight is 527 g/mol. The third-order valence-electron chi connectivity index (χ3n) is 5.50. The zero-order chi connectivity index (χ0) is 23.6. The van der Waals surface area contributed by atoms with Crippen LogP contribution in [0.5, 0.6) is 5.75 Å². The van der Waals surface area contributed by atoms with Crippen LogP contribution in [0.1, 0.15) is 23.7 Å². The van der Waals surface area contributed by atoms with Crippen LogP contribution in [0.4, 0.5) is 5.13 Å². The summed E-state index contributed by atoms with van der Waals surface area (Å²) >= 11 is 13.9. The first-order chi connectivity index (χ1) is 15.8. The number of thiazole rings is 1. The van der Waals surface area contributed by atoms with Crippen molar-refractivity contribution in [1.82, 2.24) is 9.29 Å². The van der Waals surface area contributed by atoms with Gasteiger partial charge in [-0.1, -0.05) is 35.3 Å². The number of aromatic nitrogens is 1. The van der Waals surface area contributed by atoms with E-state index in [0.717, 1.165) is 23.0 Å². The molecule has 0 amide bonds. The van der Waals surface area contributed by atoms with Gasteiger partial charge in [0, 0.05) is 43.0 Å². The van der Waals surface area contributed by atoms with Crippen LogP contribution in [0.15, 0.2) is 46.7 Å². The van der Waals surface area contributed by atoms with Crippen LogP contribution in [0.25, 0.3) is 0 Å². The molecule has 0 N–H and O–H groups in total. The van der Waals surface area contributed by atoms with Gasteiger partial charge in [0.1, 0.15) is 10.6 Å². The number of piperazine rings is 1. The molecule has 1 aromatic heterocycles. The first-order valence-corrected chi connectivity index (χ1v) is 13.7. The number of halogens is 2. The standard InChI is InChI=1S/C23H25Cl2N3O3S2/c1-3-31-19-6-4-17(5-7-19)13-18-15-32-23(26-18)27-8-10-28(11-9-27)33(29,30)22-12-16(2)20(24)14-21(22)25/h4-7,12,14-15H,3,8-11,13H2,1-2H3. The second kappa shape index (κ2) is 10.2. The lowest BCUT2D eigenvalue weighted by atomic mass is 10.1. The molecule has 1 fully saturated rings. The van der Waals surface area contributed by atoms with E-state index in [-0.39, 0.29) is 9.92 Å². The zero-order valence-corrected chi connectivity index (χ0v) is 21.6. The molecule has 1 aliphatic rings. The van der Waals surface area contributed by atoms with E-state index < -0.39 is 10.0 Å². The van der Waals surface area contributed by atoms with Gasteiger partial charge in [-0.25, -0.2) is 13.4 Å². The molecular formula is C23H25Cl2N3O3S2. The Labute approximate surface area is 208 Å². The third-order valence-corrected chi connectivity index (χ3v) is 9.22. The molecule has 33 heavy (non-hydrogen) atoms. The Hall–Kier alpha value is -1.84. The fraction of sp³-hybridized carbons (Fsp3) is 0.348. The normalized spacial score (nSPS) is 15.1. The van der Waals surface area contributed by atoms with E-state index in [9.17, 15) is 8.42 Å².